The highest BCUT2D eigenvalue weighted by Gasteiger charge is 2.06. The smallest absolute Gasteiger partial charge is 0.339 e. The third kappa shape index (κ3) is 6.95. The number of rotatable bonds is 10. The van der Waals surface area contributed by atoms with Crippen molar-refractivity contribution < 1.29 is 14.3 Å². The first-order valence-electron chi connectivity index (χ1n) is 9.60. The molecule has 0 bridgehead atoms. The summed E-state index contributed by atoms with van der Waals surface area (Å²) in [6, 6.07) is 12.7. The van der Waals surface area contributed by atoms with Gasteiger partial charge in [-0.25, -0.2) is 10.2 Å². The fourth-order valence-electron chi connectivity index (χ4n) is 2.62. The molecule has 0 saturated carbocycles. The van der Waals surface area contributed by atoms with Crippen LogP contribution in [0.2, 0.25) is 0 Å². The molecule has 0 saturated heterocycles. The number of urea groups is 1. The van der Waals surface area contributed by atoms with Gasteiger partial charge in [-0.15, -0.1) is 0 Å². The van der Waals surface area contributed by atoms with E-state index in [1.807, 2.05) is 49.4 Å². The van der Waals surface area contributed by atoms with Crippen LogP contribution in [-0.2, 0) is 0 Å². The van der Waals surface area contributed by atoms with Gasteiger partial charge in [0.15, 0.2) is 11.5 Å². The van der Waals surface area contributed by atoms with Gasteiger partial charge >= 0.3 is 6.03 Å². The monoisotopic (exact) mass is 383 g/mol. The summed E-state index contributed by atoms with van der Waals surface area (Å²) >= 11 is 0. The number of hydrogen-bond acceptors (Lipinski definition) is 4. The van der Waals surface area contributed by atoms with Gasteiger partial charge in [0.1, 0.15) is 0 Å². The van der Waals surface area contributed by atoms with Gasteiger partial charge in [0.25, 0.3) is 0 Å². The minimum atomic E-state index is -0.399. The van der Waals surface area contributed by atoms with Gasteiger partial charge in [-0.1, -0.05) is 44.4 Å². The summed E-state index contributed by atoms with van der Waals surface area (Å²) in [6.45, 7) is 4.79. The van der Waals surface area contributed by atoms with E-state index in [-0.39, 0.29) is 0 Å². The second kappa shape index (κ2) is 11.6. The van der Waals surface area contributed by atoms with Crippen molar-refractivity contribution in [3.05, 3.63) is 53.6 Å². The maximum absolute atomic E-state index is 11.9. The van der Waals surface area contributed by atoms with Crippen molar-refractivity contribution in [3.8, 4) is 11.5 Å². The van der Waals surface area contributed by atoms with Crippen molar-refractivity contribution in [1.82, 2.24) is 5.43 Å². The van der Waals surface area contributed by atoms with E-state index in [2.05, 4.69) is 22.8 Å². The molecule has 0 unspecified atom stereocenters. The number of carbonyl (C=O) groups is 1. The Labute approximate surface area is 166 Å². The second-order valence-electron chi connectivity index (χ2n) is 6.46. The summed E-state index contributed by atoms with van der Waals surface area (Å²) in [5.74, 6) is 1.35. The molecular weight excluding hydrogens is 354 g/mol. The molecule has 0 atom stereocenters. The SMILES string of the molecule is CCCCCCOc1ccc(/C=N\NC(=O)Nc2ccccc2C)cc1OC. The van der Waals surface area contributed by atoms with Crippen LogP contribution in [0.15, 0.2) is 47.6 Å². The molecule has 0 fully saturated rings. The van der Waals surface area contributed by atoms with Crippen LogP contribution in [0.1, 0.15) is 43.7 Å². The lowest BCUT2D eigenvalue weighted by atomic mass is 10.2. The Kier molecular flexibility index (Phi) is 8.85. The lowest BCUT2D eigenvalue weighted by Crippen LogP contribution is -2.24. The number of nitrogens with zero attached hydrogens (tertiary/aromatic N) is 1. The zero-order chi connectivity index (χ0) is 20.2. The number of methoxy groups -OCH3 is 1. The molecule has 2 rings (SSSR count). The number of para-hydroxylation sites is 1. The predicted molar refractivity (Wildman–Crippen MR) is 114 cm³/mol. The van der Waals surface area contributed by atoms with Crippen molar-refractivity contribution in [2.24, 2.45) is 5.10 Å². The zero-order valence-electron chi connectivity index (χ0n) is 16.8. The first-order chi connectivity index (χ1) is 13.6. The van der Waals surface area contributed by atoms with Gasteiger partial charge in [0.05, 0.1) is 19.9 Å². The predicted octanol–water partition coefficient (Wildman–Crippen LogP) is 5.12. The summed E-state index contributed by atoms with van der Waals surface area (Å²) in [6.07, 6.45) is 6.18. The number of anilines is 1. The van der Waals surface area contributed by atoms with Crippen LogP contribution in [0.4, 0.5) is 10.5 Å². The number of ether oxygens (including phenoxy) is 2. The molecule has 2 N–H and O–H groups in total. The third-order valence-electron chi connectivity index (χ3n) is 4.22. The molecule has 2 aromatic rings. The van der Waals surface area contributed by atoms with Crippen LogP contribution in [0, 0.1) is 6.92 Å². The number of hydrazone groups is 1. The number of hydrogen-bond donors (Lipinski definition) is 2. The molecule has 6 nitrogen and oxygen atoms in total. The van der Waals surface area contributed by atoms with Crippen molar-refractivity contribution in [1.29, 1.82) is 0 Å². The lowest BCUT2D eigenvalue weighted by molar-refractivity contribution is 0.252. The number of nitrogens with one attached hydrogen (secondary N) is 2. The summed E-state index contributed by atoms with van der Waals surface area (Å²) in [5, 5.41) is 6.74. The molecule has 0 spiro atoms. The molecule has 0 aliphatic rings. The Balaban J connectivity index is 1.87. The van der Waals surface area contributed by atoms with E-state index in [0.717, 1.165) is 23.2 Å². The van der Waals surface area contributed by atoms with Gasteiger partial charge in [-0.05, 0) is 48.7 Å². The van der Waals surface area contributed by atoms with Gasteiger partial charge < -0.3 is 14.8 Å². The van der Waals surface area contributed by atoms with Gasteiger partial charge in [0, 0.05) is 5.69 Å². The summed E-state index contributed by atoms with van der Waals surface area (Å²) in [5.41, 5.74) is 4.99. The number of amides is 2. The third-order valence-corrected chi connectivity index (χ3v) is 4.22. The summed E-state index contributed by atoms with van der Waals surface area (Å²) in [7, 11) is 1.61. The molecule has 28 heavy (non-hydrogen) atoms. The van der Waals surface area contributed by atoms with Gasteiger partial charge in [-0.3, -0.25) is 0 Å². The van der Waals surface area contributed by atoms with E-state index in [9.17, 15) is 4.79 Å². The highest BCUT2D eigenvalue weighted by Crippen LogP contribution is 2.27. The average Bonchev–Trinajstić information content (AvgIpc) is 2.70. The van der Waals surface area contributed by atoms with Crippen LogP contribution >= 0.6 is 0 Å². The average molecular weight is 383 g/mol. The van der Waals surface area contributed by atoms with E-state index in [1.165, 1.54) is 19.3 Å². The highest BCUT2D eigenvalue weighted by atomic mass is 16.5. The molecule has 0 radical (unpaired) electrons. The Morgan fingerprint density at radius 1 is 1.11 bits per heavy atom. The van der Waals surface area contributed by atoms with Crippen molar-refractivity contribution in [2.75, 3.05) is 19.0 Å². The fourth-order valence-corrected chi connectivity index (χ4v) is 2.62. The number of unbranched alkanes of at least 4 members (excludes halogenated alkanes) is 3. The number of benzene rings is 2. The van der Waals surface area contributed by atoms with Crippen LogP contribution in [-0.4, -0.2) is 26.0 Å². The van der Waals surface area contributed by atoms with Crippen molar-refractivity contribution >= 4 is 17.9 Å². The van der Waals surface area contributed by atoms with Crippen LogP contribution < -0.4 is 20.2 Å². The van der Waals surface area contributed by atoms with Crippen molar-refractivity contribution in [2.45, 2.75) is 39.5 Å². The summed E-state index contributed by atoms with van der Waals surface area (Å²) < 4.78 is 11.2. The highest BCUT2D eigenvalue weighted by molar-refractivity contribution is 5.91. The van der Waals surface area contributed by atoms with Crippen LogP contribution in [0.5, 0.6) is 11.5 Å². The van der Waals surface area contributed by atoms with Crippen LogP contribution in [0.25, 0.3) is 0 Å². The molecular formula is C22H29N3O3. The molecule has 2 amide bonds. The van der Waals surface area contributed by atoms with Gasteiger partial charge in [0.2, 0.25) is 0 Å². The second-order valence-corrected chi connectivity index (χ2v) is 6.46. The maximum atomic E-state index is 11.9. The lowest BCUT2D eigenvalue weighted by Gasteiger charge is -2.11. The molecule has 0 aliphatic carbocycles. The van der Waals surface area contributed by atoms with E-state index in [4.69, 9.17) is 9.47 Å². The minimum absolute atomic E-state index is 0.399. The van der Waals surface area contributed by atoms with E-state index >= 15 is 0 Å². The molecule has 0 aliphatic heterocycles. The first-order valence-corrected chi connectivity index (χ1v) is 9.60. The molecule has 2 aromatic carbocycles. The Morgan fingerprint density at radius 3 is 2.68 bits per heavy atom. The molecule has 0 heterocycles. The van der Waals surface area contributed by atoms with E-state index < -0.39 is 6.03 Å². The maximum Gasteiger partial charge on any atom is 0.339 e. The first kappa shape index (κ1) is 21.3. The minimum Gasteiger partial charge on any atom is -0.493 e. The number of carbonyl (C=O) groups excluding carboxylic acids is 1. The topological polar surface area (TPSA) is 72.0 Å². The largest absolute Gasteiger partial charge is 0.493 e. The zero-order valence-corrected chi connectivity index (χ0v) is 16.8. The quantitative estimate of drug-likeness (QED) is 0.340. The van der Waals surface area contributed by atoms with Crippen molar-refractivity contribution in [3.63, 3.8) is 0 Å². The Hall–Kier alpha value is -3.02. The normalized spacial score (nSPS) is 10.7. The molecule has 150 valence electrons. The molecule has 0 aromatic heterocycles. The fraction of sp³-hybridized carbons (Fsp3) is 0.364. The van der Waals surface area contributed by atoms with Crippen LogP contribution in [0.3, 0.4) is 0 Å². The van der Waals surface area contributed by atoms with Gasteiger partial charge in [-0.2, -0.15) is 5.10 Å². The standard InChI is InChI=1S/C22H29N3O3/c1-4-5-6-9-14-28-20-13-12-18(15-21(20)27-3)16-23-25-22(26)24-19-11-8-7-10-17(19)2/h7-8,10-13,15-16H,4-6,9,14H2,1-3H3,(H2,24,25,26)/b23-16-. The Morgan fingerprint density at radius 2 is 1.93 bits per heavy atom. The number of aryl methyl sites for hydroxylation is 1. The molecule has 6 heteroatoms. The van der Waals surface area contributed by atoms with E-state index in [0.29, 0.717) is 18.1 Å². The Bertz CT molecular complexity index is 790. The van der Waals surface area contributed by atoms with E-state index in [1.54, 1.807) is 13.3 Å². The summed E-state index contributed by atoms with van der Waals surface area (Å²) in [4.78, 5) is 11.9.